The normalized spacial score (nSPS) is 11.0. The third-order valence-corrected chi connectivity index (χ3v) is 4.48. The Labute approximate surface area is 152 Å². The molecule has 1 N–H and O–H groups in total. The molecule has 3 rings (SSSR count). The number of unbranched alkanes of at least 4 members (excludes halogenated alkanes) is 1. The van der Waals surface area contributed by atoms with Gasteiger partial charge in [0.25, 0.3) is 5.91 Å². The summed E-state index contributed by atoms with van der Waals surface area (Å²) in [6.45, 7) is 4.17. The number of carbonyl (C=O) groups excluding carboxylic acids is 1. The number of hydrogen-bond donors (Lipinski definition) is 1. The van der Waals surface area contributed by atoms with E-state index in [9.17, 15) is 4.79 Å². The standard InChI is InChI=1S/C20H22ClN3O/c1-3-5-6-14-7-9-16(10-8-14)22-20(25)19-17(4-2)23-18-13-15(21)11-12-24(18)19/h7-13H,3-6H2,1-2H3,(H,22,25). The number of anilines is 1. The van der Waals surface area contributed by atoms with Crippen molar-refractivity contribution < 1.29 is 4.79 Å². The number of rotatable bonds is 6. The summed E-state index contributed by atoms with van der Waals surface area (Å²) in [7, 11) is 0. The van der Waals surface area contributed by atoms with Crippen molar-refractivity contribution in [2.45, 2.75) is 39.5 Å². The zero-order valence-corrected chi connectivity index (χ0v) is 15.3. The van der Waals surface area contributed by atoms with Crippen LogP contribution in [0.5, 0.6) is 0 Å². The SMILES string of the molecule is CCCCc1ccc(NC(=O)c2c(CC)nc3cc(Cl)ccn23)cc1. The number of amides is 1. The van der Waals surface area contributed by atoms with Crippen LogP contribution in [0.2, 0.25) is 5.02 Å². The lowest BCUT2D eigenvalue weighted by Gasteiger charge is -2.08. The van der Waals surface area contributed by atoms with Crippen LogP contribution >= 0.6 is 11.6 Å². The van der Waals surface area contributed by atoms with Gasteiger partial charge in [-0.3, -0.25) is 9.20 Å². The van der Waals surface area contributed by atoms with Crippen molar-refractivity contribution in [3.8, 4) is 0 Å². The van der Waals surface area contributed by atoms with E-state index in [0.717, 1.165) is 17.8 Å². The van der Waals surface area contributed by atoms with Crippen LogP contribution in [0.1, 0.15) is 48.4 Å². The van der Waals surface area contributed by atoms with Crippen molar-refractivity contribution in [1.29, 1.82) is 0 Å². The molecule has 0 aliphatic carbocycles. The van der Waals surface area contributed by atoms with Crippen molar-refractivity contribution >= 4 is 28.8 Å². The number of carbonyl (C=O) groups is 1. The van der Waals surface area contributed by atoms with Gasteiger partial charge in [-0.2, -0.15) is 0 Å². The van der Waals surface area contributed by atoms with E-state index in [4.69, 9.17) is 11.6 Å². The Kier molecular flexibility index (Phi) is 5.39. The third kappa shape index (κ3) is 3.85. The molecule has 3 aromatic rings. The molecule has 0 atom stereocenters. The van der Waals surface area contributed by atoms with Gasteiger partial charge in [0.05, 0.1) is 5.69 Å². The van der Waals surface area contributed by atoms with Crippen LogP contribution in [0.15, 0.2) is 42.6 Å². The topological polar surface area (TPSA) is 46.4 Å². The van der Waals surface area contributed by atoms with Crippen molar-refractivity contribution in [2.24, 2.45) is 0 Å². The minimum absolute atomic E-state index is 0.159. The Bertz CT molecular complexity index is 884. The summed E-state index contributed by atoms with van der Waals surface area (Å²) in [5, 5.41) is 3.58. The van der Waals surface area contributed by atoms with E-state index < -0.39 is 0 Å². The van der Waals surface area contributed by atoms with E-state index in [0.29, 0.717) is 22.8 Å². The summed E-state index contributed by atoms with van der Waals surface area (Å²) in [5.74, 6) is -0.159. The average Bonchev–Trinajstić information content (AvgIpc) is 2.98. The van der Waals surface area contributed by atoms with Gasteiger partial charge >= 0.3 is 0 Å². The molecule has 4 nitrogen and oxygen atoms in total. The smallest absolute Gasteiger partial charge is 0.274 e. The lowest BCUT2D eigenvalue weighted by Crippen LogP contribution is -2.16. The first-order valence-corrected chi connectivity index (χ1v) is 9.07. The zero-order chi connectivity index (χ0) is 17.8. The molecule has 130 valence electrons. The average molecular weight is 356 g/mol. The number of benzene rings is 1. The predicted octanol–water partition coefficient (Wildman–Crippen LogP) is 5.15. The minimum Gasteiger partial charge on any atom is -0.321 e. The van der Waals surface area contributed by atoms with E-state index in [1.54, 1.807) is 22.7 Å². The maximum Gasteiger partial charge on any atom is 0.274 e. The maximum absolute atomic E-state index is 12.8. The molecule has 0 aliphatic rings. The zero-order valence-electron chi connectivity index (χ0n) is 14.6. The van der Waals surface area contributed by atoms with E-state index in [1.807, 2.05) is 19.1 Å². The summed E-state index contributed by atoms with van der Waals surface area (Å²) >= 11 is 6.03. The summed E-state index contributed by atoms with van der Waals surface area (Å²) in [6, 6.07) is 11.6. The monoisotopic (exact) mass is 355 g/mol. The van der Waals surface area contributed by atoms with E-state index in [-0.39, 0.29) is 5.91 Å². The van der Waals surface area contributed by atoms with Gasteiger partial charge in [0.1, 0.15) is 11.3 Å². The molecule has 0 fully saturated rings. The Morgan fingerprint density at radius 3 is 2.64 bits per heavy atom. The summed E-state index contributed by atoms with van der Waals surface area (Å²) < 4.78 is 1.79. The number of halogens is 1. The second kappa shape index (κ2) is 7.70. The number of nitrogens with one attached hydrogen (secondary N) is 1. The molecular formula is C20H22ClN3O. The number of fused-ring (bicyclic) bond motifs is 1. The maximum atomic E-state index is 12.8. The molecule has 0 radical (unpaired) electrons. The molecule has 1 amide bonds. The van der Waals surface area contributed by atoms with Crippen molar-refractivity contribution in [3.05, 3.63) is 64.6 Å². The van der Waals surface area contributed by atoms with Crippen LogP contribution in [-0.2, 0) is 12.8 Å². The highest BCUT2D eigenvalue weighted by Gasteiger charge is 2.18. The first-order chi connectivity index (χ1) is 12.1. The Balaban J connectivity index is 1.84. The number of hydrogen-bond acceptors (Lipinski definition) is 2. The van der Waals surface area contributed by atoms with Crippen molar-refractivity contribution in [3.63, 3.8) is 0 Å². The van der Waals surface area contributed by atoms with Gasteiger partial charge in [-0.15, -0.1) is 0 Å². The van der Waals surface area contributed by atoms with E-state index in [1.165, 1.54) is 18.4 Å². The van der Waals surface area contributed by atoms with Gasteiger partial charge in [0.2, 0.25) is 0 Å². The highest BCUT2D eigenvalue weighted by atomic mass is 35.5. The Morgan fingerprint density at radius 2 is 1.96 bits per heavy atom. The fourth-order valence-electron chi connectivity index (χ4n) is 2.88. The van der Waals surface area contributed by atoms with Gasteiger partial charge in [0, 0.05) is 23.0 Å². The van der Waals surface area contributed by atoms with Gasteiger partial charge in [-0.05, 0) is 43.0 Å². The largest absolute Gasteiger partial charge is 0.321 e. The highest BCUT2D eigenvalue weighted by molar-refractivity contribution is 6.30. The molecule has 0 aliphatic heterocycles. The number of nitrogens with zero attached hydrogens (tertiary/aromatic N) is 2. The van der Waals surface area contributed by atoms with Crippen LogP contribution in [0, 0.1) is 0 Å². The fraction of sp³-hybridized carbons (Fsp3) is 0.300. The van der Waals surface area contributed by atoms with Gasteiger partial charge in [-0.25, -0.2) is 4.98 Å². The van der Waals surface area contributed by atoms with Crippen LogP contribution in [0.4, 0.5) is 5.69 Å². The number of imidazole rings is 1. The van der Waals surface area contributed by atoms with Gasteiger partial charge in [0.15, 0.2) is 0 Å². The molecule has 25 heavy (non-hydrogen) atoms. The molecule has 0 unspecified atom stereocenters. The molecule has 1 aromatic carbocycles. The Hall–Kier alpha value is -2.33. The number of pyridine rings is 1. The fourth-order valence-corrected chi connectivity index (χ4v) is 3.04. The first kappa shape index (κ1) is 17.5. The van der Waals surface area contributed by atoms with Gasteiger partial charge < -0.3 is 5.32 Å². The van der Waals surface area contributed by atoms with Gasteiger partial charge in [-0.1, -0.05) is 44.0 Å². The highest BCUT2D eigenvalue weighted by Crippen LogP contribution is 2.19. The molecule has 2 heterocycles. The summed E-state index contributed by atoms with van der Waals surface area (Å²) in [5.41, 5.74) is 4.09. The second-order valence-electron chi connectivity index (χ2n) is 6.09. The van der Waals surface area contributed by atoms with Crippen molar-refractivity contribution in [2.75, 3.05) is 5.32 Å². The van der Waals surface area contributed by atoms with Crippen LogP contribution in [0.25, 0.3) is 5.65 Å². The van der Waals surface area contributed by atoms with E-state index >= 15 is 0 Å². The molecule has 0 bridgehead atoms. The molecule has 5 heteroatoms. The van der Waals surface area contributed by atoms with E-state index in [2.05, 4.69) is 29.4 Å². The molecule has 0 spiro atoms. The summed E-state index contributed by atoms with van der Waals surface area (Å²) in [6.07, 6.45) is 5.88. The molecule has 0 saturated heterocycles. The lowest BCUT2D eigenvalue weighted by molar-refractivity contribution is 0.102. The quantitative estimate of drug-likeness (QED) is 0.665. The first-order valence-electron chi connectivity index (χ1n) is 8.69. The van der Waals surface area contributed by atoms with Crippen LogP contribution < -0.4 is 5.32 Å². The summed E-state index contributed by atoms with van der Waals surface area (Å²) in [4.78, 5) is 17.3. The third-order valence-electron chi connectivity index (χ3n) is 4.24. The second-order valence-corrected chi connectivity index (χ2v) is 6.52. The van der Waals surface area contributed by atoms with Crippen molar-refractivity contribution in [1.82, 2.24) is 9.38 Å². The predicted molar refractivity (Wildman–Crippen MR) is 103 cm³/mol. The minimum atomic E-state index is -0.159. The lowest BCUT2D eigenvalue weighted by atomic mass is 10.1. The Morgan fingerprint density at radius 1 is 1.20 bits per heavy atom. The molecular weight excluding hydrogens is 334 g/mol. The molecule has 2 aromatic heterocycles. The van der Waals surface area contributed by atoms with Crippen LogP contribution in [0.3, 0.4) is 0 Å². The number of aryl methyl sites for hydroxylation is 2. The van der Waals surface area contributed by atoms with Crippen LogP contribution in [-0.4, -0.2) is 15.3 Å². The number of aromatic nitrogens is 2. The molecule has 0 saturated carbocycles.